The van der Waals surface area contributed by atoms with E-state index in [1.165, 1.54) is 0 Å². The molecular formula is C7H10F3N3OS. The van der Waals surface area contributed by atoms with Gasteiger partial charge in [0, 0.05) is 13.5 Å². The van der Waals surface area contributed by atoms with E-state index in [9.17, 15) is 13.2 Å². The fourth-order valence-electron chi connectivity index (χ4n) is 0.955. The largest absolute Gasteiger partial charge is 0.411 e. The molecule has 0 aromatic carbocycles. The minimum Gasteiger partial charge on any atom is -0.372 e. The van der Waals surface area contributed by atoms with E-state index in [2.05, 4.69) is 14.9 Å². The molecule has 0 unspecified atom stereocenters. The summed E-state index contributed by atoms with van der Waals surface area (Å²) in [5.74, 6) is 0.571. The van der Waals surface area contributed by atoms with Crippen molar-refractivity contribution in [2.24, 2.45) is 7.05 Å². The van der Waals surface area contributed by atoms with Gasteiger partial charge >= 0.3 is 6.18 Å². The van der Waals surface area contributed by atoms with Crippen LogP contribution in [0, 0.1) is 4.77 Å². The predicted octanol–water partition coefficient (Wildman–Crippen LogP) is 1.60. The van der Waals surface area contributed by atoms with Crippen molar-refractivity contribution in [2.75, 3.05) is 13.2 Å². The maximum absolute atomic E-state index is 11.7. The second-order valence-corrected chi connectivity index (χ2v) is 3.31. The van der Waals surface area contributed by atoms with Crippen LogP contribution in [0.5, 0.6) is 0 Å². The maximum atomic E-state index is 11.7. The molecule has 0 aliphatic heterocycles. The average Bonchev–Trinajstić information content (AvgIpc) is 2.42. The molecule has 0 amide bonds. The first-order valence-corrected chi connectivity index (χ1v) is 4.56. The smallest absolute Gasteiger partial charge is 0.372 e. The first kappa shape index (κ1) is 12.2. The van der Waals surface area contributed by atoms with Gasteiger partial charge in [0.15, 0.2) is 4.77 Å². The molecule has 0 saturated carbocycles. The van der Waals surface area contributed by atoms with Crippen molar-refractivity contribution >= 4 is 12.2 Å². The second kappa shape index (κ2) is 4.75. The number of ether oxygens (including phenoxy) is 1. The summed E-state index contributed by atoms with van der Waals surface area (Å²) in [6.45, 7) is -1.27. The summed E-state index contributed by atoms with van der Waals surface area (Å²) in [5.41, 5.74) is 0. The number of H-pyrrole nitrogens is 1. The van der Waals surface area contributed by atoms with Crippen LogP contribution in [0.4, 0.5) is 13.2 Å². The van der Waals surface area contributed by atoms with E-state index in [1.54, 1.807) is 11.6 Å². The third kappa shape index (κ3) is 4.00. The zero-order valence-electron chi connectivity index (χ0n) is 7.97. The molecular weight excluding hydrogens is 231 g/mol. The molecule has 0 fully saturated rings. The molecule has 4 nitrogen and oxygen atoms in total. The van der Waals surface area contributed by atoms with E-state index in [0.29, 0.717) is 17.0 Å². The number of aromatic nitrogens is 3. The van der Waals surface area contributed by atoms with Crippen LogP contribution in [0.15, 0.2) is 0 Å². The van der Waals surface area contributed by atoms with Crippen LogP contribution in [-0.2, 0) is 18.2 Å². The van der Waals surface area contributed by atoms with E-state index < -0.39 is 12.8 Å². The van der Waals surface area contributed by atoms with Crippen LogP contribution in [0.1, 0.15) is 5.82 Å². The van der Waals surface area contributed by atoms with Gasteiger partial charge in [0.25, 0.3) is 0 Å². The highest BCUT2D eigenvalue weighted by Gasteiger charge is 2.27. The number of rotatable bonds is 4. The zero-order valence-corrected chi connectivity index (χ0v) is 8.78. The van der Waals surface area contributed by atoms with Crippen LogP contribution in [0.25, 0.3) is 0 Å². The van der Waals surface area contributed by atoms with Crippen molar-refractivity contribution in [3.8, 4) is 0 Å². The summed E-state index contributed by atoms with van der Waals surface area (Å²) in [4.78, 5) is 0. The Labute approximate surface area is 89.1 Å². The predicted molar refractivity (Wildman–Crippen MR) is 49.0 cm³/mol. The Hall–Kier alpha value is -0.890. The molecule has 86 valence electrons. The Morgan fingerprint density at radius 2 is 2.20 bits per heavy atom. The lowest BCUT2D eigenvalue weighted by molar-refractivity contribution is -0.173. The lowest BCUT2D eigenvalue weighted by Crippen LogP contribution is -2.18. The molecule has 1 N–H and O–H groups in total. The van der Waals surface area contributed by atoms with Gasteiger partial charge in [-0.05, 0) is 12.2 Å². The van der Waals surface area contributed by atoms with Crippen LogP contribution < -0.4 is 0 Å². The number of halogens is 3. The number of aromatic amines is 1. The summed E-state index contributed by atoms with van der Waals surface area (Å²) >= 11 is 4.84. The normalized spacial score (nSPS) is 12.0. The van der Waals surface area contributed by atoms with Gasteiger partial charge in [-0.15, -0.1) is 0 Å². The van der Waals surface area contributed by atoms with E-state index in [-0.39, 0.29) is 6.61 Å². The van der Waals surface area contributed by atoms with Gasteiger partial charge in [-0.2, -0.15) is 18.3 Å². The third-order valence-corrected chi connectivity index (χ3v) is 2.07. The summed E-state index contributed by atoms with van der Waals surface area (Å²) in [7, 11) is 1.69. The second-order valence-electron chi connectivity index (χ2n) is 2.92. The minimum atomic E-state index is -4.28. The standard InChI is InChI=1S/C7H10F3N3OS/c1-13-5(11-12-6(13)15)2-3-14-4-7(8,9)10/h2-4H2,1H3,(H,12,15). The fraction of sp³-hybridized carbons (Fsp3) is 0.714. The van der Waals surface area contributed by atoms with Crippen LogP contribution in [0.2, 0.25) is 0 Å². The quantitative estimate of drug-likeness (QED) is 0.643. The summed E-state index contributed by atoms with van der Waals surface area (Å²) in [6.07, 6.45) is -3.99. The molecule has 0 spiro atoms. The number of hydrogen-bond donors (Lipinski definition) is 1. The summed E-state index contributed by atoms with van der Waals surface area (Å²) < 4.78 is 41.5. The van der Waals surface area contributed by atoms with Crippen LogP contribution in [-0.4, -0.2) is 34.2 Å². The van der Waals surface area contributed by atoms with Crippen molar-refractivity contribution in [3.05, 3.63) is 10.6 Å². The van der Waals surface area contributed by atoms with Crippen molar-refractivity contribution in [2.45, 2.75) is 12.6 Å². The highest BCUT2D eigenvalue weighted by atomic mass is 32.1. The minimum absolute atomic E-state index is 0.0347. The molecule has 0 aliphatic rings. The van der Waals surface area contributed by atoms with Crippen molar-refractivity contribution in [1.82, 2.24) is 14.8 Å². The first-order chi connectivity index (χ1) is 6.90. The van der Waals surface area contributed by atoms with E-state index in [0.717, 1.165) is 0 Å². The Balaban J connectivity index is 2.33. The lowest BCUT2D eigenvalue weighted by atomic mass is 10.4. The third-order valence-electron chi connectivity index (χ3n) is 1.71. The topological polar surface area (TPSA) is 42.8 Å². The molecule has 0 radical (unpaired) electrons. The molecule has 0 atom stereocenters. The van der Waals surface area contributed by atoms with Crippen LogP contribution >= 0.6 is 12.2 Å². The number of hydrogen-bond acceptors (Lipinski definition) is 3. The van der Waals surface area contributed by atoms with Gasteiger partial charge in [-0.1, -0.05) is 0 Å². The van der Waals surface area contributed by atoms with Gasteiger partial charge in [0.2, 0.25) is 0 Å². The van der Waals surface area contributed by atoms with E-state index in [1.807, 2.05) is 0 Å². The Bertz CT molecular complexity index is 370. The average molecular weight is 241 g/mol. The lowest BCUT2D eigenvalue weighted by Gasteiger charge is -2.06. The summed E-state index contributed by atoms with van der Waals surface area (Å²) in [5, 5.41) is 6.37. The van der Waals surface area contributed by atoms with Crippen molar-refractivity contribution in [1.29, 1.82) is 0 Å². The maximum Gasteiger partial charge on any atom is 0.411 e. The van der Waals surface area contributed by atoms with Crippen molar-refractivity contribution in [3.63, 3.8) is 0 Å². The molecule has 1 heterocycles. The van der Waals surface area contributed by atoms with Crippen LogP contribution in [0.3, 0.4) is 0 Å². The monoisotopic (exact) mass is 241 g/mol. The molecule has 1 rings (SSSR count). The number of alkyl halides is 3. The Kier molecular flexibility index (Phi) is 3.86. The molecule has 0 aliphatic carbocycles. The number of nitrogens with one attached hydrogen (secondary N) is 1. The van der Waals surface area contributed by atoms with Gasteiger partial charge < -0.3 is 9.30 Å². The molecule has 15 heavy (non-hydrogen) atoms. The molecule has 0 bridgehead atoms. The van der Waals surface area contributed by atoms with Crippen molar-refractivity contribution < 1.29 is 17.9 Å². The highest BCUT2D eigenvalue weighted by molar-refractivity contribution is 7.71. The molecule has 0 saturated heterocycles. The number of nitrogens with zero attached hydrogens (tertiary/aromatic N) is 2. The Morgan fingerprint density at radius 3 is 2.67 bits per heavy atom. The molecule has 8 heteroatoms. The van der Waals surface area contributed by atoms with E-state index >= 15 is 0 Å². The molecule has 1 aromatic heterocycles. The highest BCUT2D eigenvalue weighted by Crippen LogP contribution is 2.14. The molecule has 1 aromatic rings. The van der Waals surface area contributed by atoms with Gasteiger partial charge in [-0.3, -0.25) is 5.10 Å². The summed E-state index contributed by atoms with van der Waals surface area (Å²) in [6, 6.07) is 0. The van der Waals surface area contributed by atoms with Gasteiger partial charge in [0.1, 0.15) is 12.4 Å². The first-order valence-electron chi connectivity index (χ1n) is 4.15. The zero-order chi connectivity index (χ0) is 11.5. The van der Waals surface area contributed by atoms with E-state index in [4.69, 9.17) is 12.2 Å². The van der Waals surface area contributed by atoms with Gasteiger partial charge in [-0.25, -0.2) is 0 Å². The SMILES string of the molecule is Cn1c(CCOCC(F)(F)F)n[nH]c1=S. The fourth-order valence-corrected chi connectivity index (χ4v) is 1.11. The van der Waals surface area contributed by atoms with Gasteiger partial charge in [0.05, 0.1) is 6.61 Å². The Morgan fingerprint density at radius 1 is 1.53 bits per heavy atom.